The number of amides is 2. The summed E-state index contributed by atoms with van der Waals surface area (Å²) < 4.78 is 1.75. The first-order valence-corrected chi connectivity index (χ1v) is 9.09. The third-order valence-corrected chi connectivity index (χ3v) is 5.38. The molecule has 2 aromatic rings. The molecule has 0 bridgehead atoms. The molecule has 1 unspecified atom stereocenters. The van der Waals surface area contributed by atoms with E-state index in [1.54, 1.807) is 15.8 Å². The summed E-state index contributed by atoms with van der Waals surface area (Å²) in [5.41, 5.74) is 0.146. The van der Waals surface area contributed by atoms with E-state index in [4.69, 9.17) is 0 Å². The predicted molar refractivity (Wildman–Crippen MR) is 105 cm³/mol. The number of aromatic nitrogens is 2. The summed E-state index contributed by atoms with van der Waals surface area (Å²) in [5.74, 6) is -0.162. The van der Waals surface area contributed by atoms with E-state index in [0.717, 1.165) is 18.8 Å². The highest BCUT2D eigenvalue weighted by Gasteiger charge is 2.44. The molecule has 4 rings (SSSR count). The van der Waals surface area contributed by atoms with Crippen LogP contribution < -0.4 is 15.5 Å². The summed E-state index contributed by atoms with van der Waals surface area (Å²) in [7, 11) is 0. The van der Waals surface area contributed by atoms with Gasteiger partial charge in [0.1, 0.15) is 11.6 Å². The molecule has 3 heterocycles. The molecule has 2 saturated heterocycles. The van der Waals surface area contributed by atoms with Gasteiger partial charge < -0.3 is 15.5 Å². The molecule has 7 nitrogen and oxygen atoms in total. The van der Waals surface area contributed by atoms with E-state index in [1.807, 2.05) is 42.6 Å². The van der Waals surface area contributed by atoms with Gasteiger partial charge in [-0.1, -0.05) is 18.2 Å². The van der Waals surface area contributed by atoms with E-state index in [9.17, 15) is 9.59 Å². The van der Waals surface area contributed by atoms with Crippen molar-refractivity contribution in [1.29, 1.82) is 0 Å². The van der Waals surface area contributed by atoms with Crippen molar-refractivity contribution < 1.29 is 9.59 Å². The number of anilines is 1. The molecular formula is C19H24ClN5O2. The van der Waals surface area contributed by atoms with Crippen LogP contribution in [0.1, 0.15) is 19.3 Å². The molecule has 0 spiro atoms. The van der Waals surface area contributed by atoms with Crippen LogP contribution in [0.5, 0.6) is 0 Å². The number of hydrogen-bond donors (Lipinski definition) is 2. The highest BCUT2D eigenvalue weighted by atomic mass is 35.5. The smallest absolute Gasteiger partial charge is 0.249 e. The number of para-hydroxylation sites is 1. The SMILES string of the molecule is Cl.O=C1C(NC(=O)C2(n3cccn3)CCNCC2)CCN1c1ccccc1. The second-order valence-electron chi connectivity index (χ2n) is 6.87. The predicted octanol–water partition coefficient (Wildman–Crippen LogP) is 1.31. The van der Waals surface area contributed by atoms with E-state index in [-0.39, 0.29) is 24.2 Å². The molecule has 2 amide bonds. The van der Waals surface area contributed by atoms with Crippen molar-refractivity contribution >= 4 is 29.9 Å². The van der Waals surface area contributed by atoms with E-state index in [0.29, 0.717) is 25.8 Å². The van der Waals surface area contributed by atoms with Gasteiger partial charge >= 0.3 is 0 Å². The van der Waals surface area contributed by atoms with E-state index >= 15 is 0 Å². The molecule has 1 aromatic heterocycles. The van der Waals surface area contributed by atoms with Crippen molar-refractivity contribution in [2.45, 2.75) is 30.8 Å². The summed E-state index contributed by atoms with van der Waals surface area (Å²) in [6, 6.07) is 10.9. The number of hydrogen-bond acceptors (Lipinski definition) is 4. The topological polar surface area (TPSA) is 79.3 Å². The van der Waals surface area contributed by atoms with Gasteiger partial charge in [0.25, 0.3) is 0 Å². The molecule has 2 fully saturated rings. The summed E-state index contributed by atoms with van der Waals surface area (Å²) in [6.45, 7) is 2.12. The quantitative estimate of drug-likeness (QED) is 0.826. The minimum absolute atomic E-state index is 0. The van der Waals surface area contributed by atoms with Crippen LogP contribution >= 0.6 is 12.4 Å². The van der Waals surface area contributed by atoms with Crippen LogP contribution in [0.15, 0.2) is 48.8 Å². The minimum Gasteiger partial charge on any atom is -0.342 e. The third-order valence-electron chi connectivity index (χ3n) is 5.38. The largest absolute Gasteiger partial charge is 0.342 e. The Kier molecular flexibility index (Phi) is 5.82. The lowest BCUT2D eigenvalue weighted by Gasteiger charge is -2.37. The van der Waals surface area contributed by atoms with Crippen molar-refractivity contribution in [3.63, 3.8) is 0 Å². The summed E-state index contributed by atoms with van der Waals surface area (Å²) >= 11 is 0. The number of halogens is 1. The number of carbonyl (C=O) groups excluding carboxylic acids is 2. The summed E-state index contributed by atoms with van der Waals surface area (Å²) in [5, 5.41) is 10.6. The second kappa shape index (κ2) is 8.10. The fourth-order valence-electron chi connectivity index (χ4n) is 3.89. The zero-order valence-corrected chi connectivity index (χ0v) is 15.8. The Hall–Kier alpha value is -2.38. The van der Waals surface area contributed by atoms with Crippen LogP contribution in [0.4, 0.5) is 5.69 Å². The Bertz CT molecular complexity index is 775. The molecule has 0 aliphatic carbocycles. The highest BCUT2D eigenvalue weighted by Crippen LogP contribution is 2.28. The first kappa shape index (κ1) is 19.4. The Labute approximate surface area is 164 Å². The van der Waals surface area contributed by atoms with Gasteiger partial charge in [0.2, 0.25) is 11.8 Å². The maximum Gasteiger partial charge on any atom is 0.249 e. The number of nitrogens with one attached hydrogen (secondary N) is 2. The Morgan fingerprint density at radius 2 is 1.93 bits per heavy atom. The van der Waals surface area contributed by atoms with Crippen molar-refractivity contribution in [3.8, 4) is 0 Å². The molecule has 2 aliphatic heterocycles. The number of carbonyl (C=O) groups is 2. The maximum absolute atomic E-state index is 13.2. The van der Waals surface area contributed by atoms with Gasteiger partial charge in [-0.2, -0.15) is 5.10 Å². The molecule has 8 heteroatoms. The van der Waals surface area contributed by atoms with Gasteiger partial charge in [-0.25, -0.2) is 0 Å². The average Bonchev–Trinajstić information content (AvgIpc) is 3.34. The summed E-state index contributed by atoms with van der Waals surface area (Å²) in [4.78, 5) is 27.7. The second-order valence-corrected chi connectivity index (χ2v) is 6.87. The summed E-state index contributed by atoms with van der Waals surface area (Å²) in [6.07, 6.45) is 5.45. The number of nitrogens with zero attached hydrogens (tertiary/aromatic N) is 3. The van der Waals surface area contributed by atoms with Gasteiger partial charge in [-0.15, -0.1) is 12.4 Å². The third kappa shape index (κ3) is 3.57. The first-order chi connectivity index (χ1) is 12.7. The van der Waals surface area contributed by atoms with Crippen molar-refractivity contribution in [2.75, 3.05) is 24.5 Å². The highest BCUT2D eigenvalue weighted by molar-refractivity contribution is 6.02. The molecule has 2 aliphatic rings. The zero-order chi connectivity index (χ0) is 18.0. The number of benzene rings is 1. The lowest BCUT2D eigenvalue weighted by atomic mass is 9.87. The zero-order valence-electron chi connectivity index (χ0n) is 15.0. The van der Waals surface area contributed by atoms with Crippen molar-refractivity contribution in [1.82, 2.24) is 20.4 Å². The van der Waals surface area contributed by atoms with Crippen LogP contribution in [0.2, 0.25) is 0 Å². The van der Waals surface area contributed by atoms with E-state index in [1.165, 1.54) is 0 Å². The average molecular weight is 390 g/mol. The van der Waals surface area contributed by atoms with Gasteiger partial charge in [0.05, 0.1) is 0 Å². The Morgan fingerprint density at radius 1 is 1.19 bits per heavy atom. The van der Waals surface area contributed by atoms with Crippen LogP contribution in [-0.2, 0) is 15.1 Å². The van der Waals surface area contributed by atoms with Crippen LogP contribution in [-0.4, -0.2) is 47.3 Å². The minimum atomic E-state index is -0.727. The molecule has 1 atom stereocenters. The van der Waals surface area contributed by atoms with E-state index in [2.05, 4.69) is 15.7 Å². The van der Waals surface area contributed by atoms with Gasteiger partial charge in [-0.3, -0.25) is 14.3 Å². The molecule has 2 N–H and O–H groups in total. The van der Waals surface area contributed by atoms with Crippen molar-refractivity contribution in [2.24, 2.45) is 0 Å². The molecular weight excluding hydrogens is 366 g/mol. The number of piperidine rings is 1. The monoisotopic (exact) mass is 389 g/mol. The molecule has 27 heavy (non-hydrogen) atoms. The lowest BCUT2D eigenvalue weighted by molar-refractivity contribution is -0.135. The van der Waals surface area contributed by atoms with Gasteiger partial charge in [0, 0.05) is 24.6 Å². The Morgan fingerprint density at radius 3 is 2.59 bits per heavy atom. The molecule has 0 radical (unpaired) electrons. The lowest BCUT2D eigenvalue weighted by Crippen LogP contribution is -2.57. The normalized spacial score (nSPS) is 21.6. The fraction of sp³-hybridized carbons (Fsp3) is 0.421. The molecule has 0 saturated carbocycles. The first-order valence-electron chi connectivity index (χ1n) is 9.09. The van der Waals surface area contributed by atoms with E-state index < -0.39 is 11.6 Å². The van der Waals surface area contributed by atoms with Crippen molar-refractivity contribution in [3.05, 3.63) is 48.8 Å². The number of rotatable bonds is 4. The fourth-order valence-corrected chi connectivity index (χ4v) is 3.89. The van der Waals surface area contributed by atoms with Crippen LogP contribution in [0, 0.1) is 0 Å². The molecule has 1 aromatic carbocycles. The molecule has 144 valence electrons. The van der Waals surface area contributed by atoms with Gasteiger partial charge in [0.15, 0.2) is 0 Å². The van der Waals surface area contributed by atoms with Crippen LogP contribution in [0.25, 0.3) is 0 Å². The van der Waals surface area contributed by atoms with Gasteiger partial charge in [-0.05, 0) is 50.6 Å². The standard InChI is InChI=1S/C19H23N5O2.ClH/c25-17-16(7-14-23(17)15-5-2-1-3-6-15)22-18(26)19(8-11-20-12-9-19)24-13-4-10-21-24;/h1-6,10,13,16,20H,7-9,11-12,14H2,(H,22,26);1H. The maximum atomic E-state index is 13.2. The Balaban J connectivity index is 0.00000210. The van der Waals surface area contributed by atoms with Crippen LogP contribution in [0.3, 0.4) is 0 Å².